The molecule has 0 aromatic rings. The number of epoxide rings is 1. The topological polar surface area (TPSA) is 76.1 Å². The van der Waals surface area contributed by atoms with Crippen LogP contribution in [0.3, 0.4) is 0 Å². The summed E-state index contributed by atoms with van der Waals surface area (Å²) in [4.78, 5) is 25.6. The highest BCUT2D eigenvalue weighted by atomic mass is 16.6. The zero-order valence-electron chi connectivity index (χ0n) is 16.6. The molecule has 1 heterocycles. The first-order chi connectivity index (χ1) is 12.1. The predicted octanol–water partition coefficient (Wildman–Crippen LogP) is 3.45. The molecule has 4 rings (SSSR count). The van der Waals surface area contributed by atoms with Crippen LogP contribution >= 0.6 is 0 Å². The lowest BCUT2D eigenvalue weighted by Gasteiger charge is -2.62. The standard InChI is InChI=1S/C21H32O5/c1-12(2)20-10-7-13-18(3)8-6-9-19(4,17(23)24)14(18)11-15(22)21(13,25-5)16(20)26-20/h12-14,16H,6-11H2,1-5H3,(H,23,24)/t13-,14-,16-,18-,19-,20+,21+/m1/s1. The molecule has 5 heteroatoms. The summed E-state index contributed by atoms with van der Waals surface area (Å²) < 4.78 is 12.3. The first kappa shape index (κ1) is 18.4. The zero-order valence-corrected chi connectivity index (χ0v) is 16.6. The van der Waals surface area contributed by atoms with E-state index in [1.165, 1.54) is 0 Å². The Morgan fingerprint density at radius 1 is 1.23 bits per heavy atom. The molecular weight excluding hydrogens is 332 g/mol. The van der Waals surface area contributed by atoms with Crippen molar-refractivity contribution in [2.75, 3.05) is 7.11 Å². The quantitative estimate of drug-likeness (QED) is 0.776. The van der Waals surface area contributed by atoms with Gasteiger partial charge in [0.1, 0.15) is 11.7 Å². The Balaban J connectivity index is 1.80. The SMILES string of the molecule is CO[C@]12C(=O)C[C@@H]3[C@](C)(CCC[C@@]3(C)C(=O)O)[C@H]1CC[C@@]1(C(C)C)O[C@@H]21. The number of carbonyl (C=O) groups excluding carboxylic acids is 1. The fraction of sp³-hybridized carbons (Fsp3) is 0.905. The smallest absolute Gasteiger partial charge is 0.309 e. The lowest BCUT2D eigenvalue weighted by atomic mass is 9.42. The summed E-state index contributed by atoms with van der Waals surface area (Å²) in [6, 6.07) is 0. The number of rotatable bonds is 3. The highest BCUT2D eigenvalue weighted by Gasteiger charge is 2.79. The van der Waals surface area contributed by atoms with Gasteiger partial charge in [-0.3, -0.25) is 9.59 Å². The van der Waals surface area contributed by atoms with Gasteiger partial charge in [-0.2, -0.15) is 0 Å². The van der Waals surface area contributed by atoms with Crippen LogP contribution in [0.25, 0.3) is 0 Å². The molecule has 3 aliphatic carbocycles. The normalized spacial score (nSPS) is 52.8. The van der Waals surface area contributed by atoms with E-state index < -0.39 is 17.0 Å². The van der Waals surface area contributed by atoms with Crippen LogP contribution in [0.2, 0.25) is 0 Å². The third-order valence-corrected chi connectivity index (χ3v) is 8.86. The van der Waals surface area contributed by atoms with E-state index in [0.29, 0.717) is 12.3 Å². The number of ether oxygens (including phenoxy) is 2. The highest BCUT2D eigenvalue weighted by molar-refractivity contribution is 5.92. The number of methoxy groups -OCH3 is 1. The van der Waals surface area contributed by atoms with Crippen molar-refractivity contribution in [1.82, 2.24) is 0 Å². The van der Waals surface area contributed by atoms with Crippen LogP contribution in [0.4, 0.5) is 0 Å². The number of carboxylic acid groups (broad SMARTS) is 1. The molecule has 0 spiro atoms. The fourth-order valence-electron chi connectivity index (χ4n) is 7.23. The number of Topliss-reactive ketones (excluding diaryl/α,β-unsaturated/α-hetero) is 1. The average Bonchev–Trinajstić information content (AvgIpc) is 3.33. The monoisotopic (exact) mass is 364 g/mol. The maximum absolute atomic E-state index is 13.5. The van der Waals surface area contributed by atoms with E-state index in [1.54, 1.807) is 7.11 Å². The van der Waals surface area contributed by atoms with Crippen LogP contribution in [0.5, 0.6) is 0 Å². The molecule has 4 aliphatic rings. The van der Waals surface area contributed by atoms with Crippen molar-refractivity contribution in [3.63, 3.8) is 0 Å². The van der Waals surface area contributed by atoms with Crippen molar-refractivity contribution in [1.29, 1.82) is 0 Å². The molecule has 7 atom stereocenters. The van der Waals surface area contributed by atoms with E-state index in [4.69, 9.17) is 9.47 Å². The Labute approximate surface area is 155 Å². The second kappa shape index (κ2) is 5.32. The van der Waals surface area contributed by atoms with E-state index in [0.717, 1.165) is 25.7 Å². The Morgan fingerprint density at radius 3 is 2.50 bits per heavy atom. The summed E-state index contributed by atoms with van der Waals surface area (Å²) in [6.45, 7) is 8.38. The molecule has 1 aliphatic heterocycles. The van der Waals surface area contributed by atoms with Gasteiger partial charge in [0.25, 0.3) is 0 Å². The summed E-state index contributed by atoms with van der Waals surface area (Å²) >= 11 is 0. The second-order valence-corrected chi connectivity index (χ2v) is 9.96. The number of carboxylic acids is 1. The molecule has 0 radical (unpaired) electrons. The third-order valence-electron chi connectivity index (χ3n) is 8.86. The van der Waals surface area contributed by atoms with E-state index >= 15 is 0 Å². The van der Waals surface area contributed by atoms with Crippen molar-refractivity contribution < 1.29 is 24.2 Å². The largest absolute Gasteiger partial charge is 0.481 e. The minimum Gasteiger partial charge on any atom is -0.481 e. The number of fused-ring (bicyclic) bond motifs is 5. The maximum Gasteiger partial charge on any atom is 0.309 e. The molecule has 1 N–H and O–H groups in total. The van der Waals surface area contributed by atoms with Crippen molar-refractivity contribution in [2.45, 2.75) is 83.5 Å². The Morgan fingerprint density at radius 2 is 1.92 bits per heavy atom. The Kier molecular flexibility index (Phi) is 3.77. The molecule has 1 saturated heterocycles. The predicted molar refractivity (Wildman–Crippen MR) is 95.7 cm³/mol. The van der Waals surface area contributed by atoms with Gasteiger partial charge in [0.15, 0.2) is 11.4 Å². The van der Waals surface area contributed by atoms with Crippen LogP contribution in [-0.4, -0.2) is 41.3 Å². The van der Waals surface area contributed by atoms with Gasteiger partial charge < -0.3 is 14.6 Å². The van der Waals surface area contributed by atoms with Crippen LogP contribution in [0, 0.1) is 28.6 Å². The van der Waals surface area contributed by atoms with Crippen molar-refractivity contribution in [3.05, 3.63) is 0 Å². The lowest BCUT2D eigenvalue weighted by Crippen LogP contribution is -2.69. The van der Waals surface area contributed by atoms with E-state index in [2.05, 4.69) is 20.8 Å². The van der Waals surface area contributed by atoms with Crippen molar-refractivity contribution in [2.24, 2.45) is 28.6 Å². The fourth-order valence-corrected chi connectivity index (χ4v) is 7.23. The molecule has 146 valence electrons. The van der Waals surface area contributed by atoms with E-state index in [9.17, 15) is 14.7 Å². The molecule has 4 fully saturated rings. The average molecular weight is 364 g/mol. The molecule has 3 saturated carbocycles. The molecule has 5 nitrogen and oxygen atoms in total. The van der Waals surface area contributed by atoms with Crippen LogP contribution < -0.4 is 0 Å². The second-order valence-electron chi connectivity index (χ2n) is 9.96. The lowest BCUT2D eigenvalue weighted by molar-refractivity contribution is -0.208. The summed E-state index contributed by atoms with van der Waals surface area (Å²) in [5, 5.41) is 9.96. The van der Waals surface area contributed by atoms with E-state index in [1.807, 2.05) is 6.92 Å². The summed E-state index contributed by atoms with van der Waals surface area (Å²) in [7, 11) is 1.64. The Bertz CT molecular complexity index is 659. The molecule has 0 amide bonds. The zero-order chi connectivity index (χ0) is 19.1. The molecule has 0 unspecified atom stereocenters. The van der Waals surface area contributed by atoms with Gasteiger partial charge in [-0.15, -0.1) is 0 Å². The molecule has 26 heavy (non-hydrogen) atoms. The highest BCUT2D eigenvalue weighted by Crippen LogP contribution is 2.70. The van der Waals surface area contributed by atoms with Gasteiger partial charge in [0.05, 0.1) is 5.41 Å². The van der Waals surface area contributed by atoms with Crippen LogP contribution in [0.15, 0.2) is 0 Å². The summed E-state index contributed by atoms with van der Waals surface area (Å²) in [6.07, 6.45) is 4.42. The molecular formula is C21H32O5. The molecule has 0 aromatic carbocycles. The van der Waals surface area contributed by atoms with Gasteiger partial charge in [0.2, 0.25) is 0 Å². The number of hydrogen-bond acceptors (Lipinski definition) is 4. The number of aliphatic carboxylic acids is 1. The van der Waals surface area contributed by atoms with Gasteiger partial charge in [-0.25, -0.2) is 0 Å². The van der Waals surface area contributed by atoms with Gasteiger partial charge in [0, 0.05) is 19.4 Å². The maximum atomic E-state index is 13.5. The van der Waals surface area contributed by atoms with E-state index in [-0.39, 0.29) is 41.2 Å². The first-order valence-corrected chi connectivity index (χ1v) is 10.1. The summed E-state index contributed by atoms with van der Waals surface area (Å²) in [5.74, 6) is -0.457. The third kappa shape index (κ3) is 1.89. The van der Waals surface area contributed by atoms with Crippen LogP contribution in [0.1, 0.15) is 66.2 Å². The van der Waals surface area contributed by atoms with Gasteiger partial charge in [-0.05, 0) is 49.9 Å². The first-order valence-electron chi connectivity index (χ1n) is 10.1. The number of carbonyl (C=O) groups is 2. The molecule has 0 bridgehead atoms. The van der Waals surface area contributed by atoms with Crippen LogP contribution in [-0.2, 0) is 19.1 Å². The minimum atomic E-state index is -0.898. The Hall–Kier alpha value is -0.940. The number of hydrogen-bond donors (Lipinski definition) is 1. The molecule has 0 aromatic heterocycles. The van der Waals surface area contributed by atoms with Crippen molar-refractivity contribution in [3.8, 4) is 0 Å². The summed E-state index contributed by atoms with van der Waals surface area (Å²) in [5.41, 5.74) is -2.18. The van der Waals surface area contributed by atoms with Crippen molar-refractivity contribution >= 4 is 11.8 Å². The van der Waals surface area contributed by atoms with Gasteiger partial charge in [-0.1, -0.05) is 27.2 Å². The minimum absolute atomic E-state index is 0.0320. The van der Waals surface area contributed by atoms with Gasteiger partial charge >= 0.3 is 5.97 Å². The number of ketones is 1.